The normalized spacial score (nSPS) is 22.2. The predicted octanol–water partition coefficient (Wildman–Crippen LogP) is 5.50. The third-order valence-electron chi connectivity index (χ3n) is 6.31. The molecule has 2 aromatic carbocycles. The van der Waals surface area contributed by atoms with E-state index in [9.17, 15) is 23.1 Å². The summed E-state index contributed by atoms with van der Waals surface area (Å²) in [5, 5.41) is 20.3. The van der Waals surface area contributed by atoms with E-state index in [1.54, 1.807) is 18.2 Å². The number of rotatable bonds is 5. The van der Waals surface area contributed by atoms with Gasteiger partial charge in [0.15, 0.2) is 0 Å². The maximum absolute atomic E-state index is 13.7. The number of carboxylic acid groups (broad SMARTS) is 1. The number of halogens is 3. The van der Waals surface area contributed by atoms with Gasteiger partial charge in [-0.3, -0.25) is 4.79 Å². The second-order valence-corrected chi connectivity index (χ2v) is 8.62. The fraction of sp³-hybridized carbons (Fsp3) is 0.333. The van der Waals surface area contributed by atoms with Crippen LogP contribution < -0.4 is 4.74 Å². The number of phenolic OH excluding ortho intramolecular Hbond substituents is 1. The molecule has 0 radical (unpaired) electrons. The van der Waals surface area contributed by atoms with E-state index in [1.807, 2.05) is 0 Å². The van der Waals surface area contributed by atoms with Gasteiger partial charge in [-0.2, -0.15) is 0 Å². The molecule has 8 heteroatoms. The Morgan fingerprint density at radius 1 is 1.06 bits per heavy atom. The maximum atomic E-state index is 13.7. The van der Waals surface area contributed by atoms with Crippen LogP contribution in [-0.2, 0) is 4.79 Å². The molecule has 0 saturated heterocycles. The fourth-order valence-corrected chi connectivity index (χ4v) is 4.47. The number of aliphatic carboxylic acids is 1. The Hall–Kier alpha value is -3.29. The van der Waals surface area contributed by atoms with Crippen molar-refractivity contribution in [2.24, 2.45) is 5.92 Å². The molecule has 3 aromatic rings. The van der Waals surface area contributed by atoms with E-state index in [1.165, 1.54) is 24.3 Å². The maximum Gasteiger partial charge on any atom is 0.306 e. The summed E-state index contributed by atoms with van der Waals surface area (Å²) in [6.07, 6.45) is -0.396. The van der Waals surface area contributed by atoms with Crippen molar-refractivity contribution >= 4 is 16.7 Å². The number of carboxylic acids is 1. The van der Waals surface area contributed by atoms with E-state index in [0.29, 0.717) is 40.4 Å². The summed E-state index contributed by atoms with van der Waals surface area (Å²) < 4.78 is 47.0. The lowest BCUT2D eigenvalue weighted by atomic mass is 9.76. The molecule has 1 heterocycles. The number of fused-ring (bicyclic) bond motifs is 1. The van der Waals surface area contributed by atoms with Crippen LogP contribution in [0, 0.1) is 11.7 Å². The molecule has 2 fully saturated rings. The van der Waals surface area contributed by atoms with Crippen molar-refractivity contribution in [3.05, 3.63) is 54.0 Å². The van der Waals surface area contributed by atoms with Gasteiger partial charge in [0.05, 0.1) is 11.6 Å². The average molecular weight is 443 g/mol. The summed E-state index contributed by atoms with van der Waals surface area (Å²) in [5.74, 6) is -4.89. The smallest absolute Gasteiger partial charge is 0.306 e. The van der Waals surface area contributed by atoms with Crippen molar-refractivity contribution in [1.29, 1.82) is 0 Å². The number of phenols is 1. The van der Waals surface area contributed by atoms with Crippen molar-refractivity contribution in [2.45, 2.75) is 43.6 Å². The van der Waals surface area contributed by atoms with Crippen LogP contribution in [0.3, 0.4) is 0 Å². The van der Waals surface area contributed by atoms with Gasteiger partial charge in [-0.15, -0.1) is 0 Å². The Labute approximate surface area is 181 Å². The zero-order chi connectivity index (χ0) is 22.6. The number of alkyl halides is 2. The number of hydrogen-bond donors (Lipinski definition) is 2. The molecule has 2 N–H and O–H groups in total. The van der Waals surface area contributed by atoms with Crippen molar-refractivity contribution in [3.8, 4) is 22.8 Å². The highest BCUT2D eigenvalue weighted by Gasteiger charge is 2.48. The van der Waals surface area contributed by atoms with Crippen molar-refractivity contribution < 1.29 is 32.9 Å². The Balaban J connectivity index is 1.64. The molecule has 0 unspecified atom stereocenters. The van der Waals surface area contributed by atoms with Crippen LogP contribution in [0.5, 0.6) is 11.6 Å². The zero-order valence-corrected chi connectivity index (χ0v) is 16.9. The molecule has 2 saturated carbocycles. The molecular weight excluding hydrogens is 423 g/mol. The van der Waals surface area contributed by atoms with Gasteiger partial charge in [-0.05, 0) is 54.1 Å². The number of aromatic hydroxyl groups is 1. The number of nitrogens with zero attached hydrogens (tertiary/aromatic N) is 1. The van der Waals surface area contributed by atoms with E-state index in [2.05, 4.69) is 4.98 Å². The lowest BCUT2D eigenvalue weighted by molar-refractivity contribution is -0.148. The summed E-state index contributed by atoms with van der Waals surface area (Å²) in [6, 6.07) is 10.4. The SMILES string of the molecule is O=C(O)C1CC(Oc2nc(C3CC(F)(F)C3)c(-c3ccc(F)cc3)c3ccc(O)cc23)C1. The second-order valence-electron chi connectivity index (χ2n) is 8.62. The molecule has 166 valence electrons. The molecule has 2 aliphatic rings. The molecule has 5 rings (SSSR count). The Kier molecular flexibility index (Phi) is 4.76. The summed E-state index contributed by atoms with van der Waals surface area (Å²) >= 11 is 0. The first kappa shape index (κ1) is 20.6. The van der Waals surface area contributed by atoms with E-state index in [4.69, 9.17) is 9.84 Å². The Morgan fingerprint density at radius 2 is 1.75 bits per heavy atom. The molecule has 0 atom stereocenters. The van der Waals surface area contributed by atoms with Gasteiger partial charge in [0, 0.05) is 29.7 Å². The second kappa shape index (κ2) is 7.39. The van der Waals surface area contributed by atoms with E-state index in [0.717, 1.165) is 0 Å². The first-order chi connectivity index (χ1) is 15.2. The molecule has 0 spiro atoms. The van der Waals surface area contributed by atoms with Crippen LogP contribution in [0.2, 0.25) is 0 Å². The number of carbonyl (C=O) groups is 1. The third kappa shape index (κ3) is 3.63. The van der Waals surface area contributed by atoms with E-state index in [-0.39, 0.29) is 30.6 Å². The van der Waals surface area contributed by atoms with Crippen LogP contribution in [0.15, 0.2) is 42.5 Å². The lowest BCUT2D eigenvalue weighted by Crippen LogP contribution is -2.38. The summed E-state index contributed by atoms with van der Waals surface area (Å²) in [7, 11) is 0. The molecule has 0 bridgehead atoms. The number of pyridine rings is 1. The topological polar surface area (TPSA) is 79.7 Å². The van der Waals surface area contributed by atoms with Gasteiger partial charge in [0.25, 0.3) is 0 Å². The van der Waals surface area contributed by atoms with E-state index >= 15 is 0 Å². The quantitative estimate of drug-likeness (QED) is 0.544. The zero-order valence-electron chi connectivity index (χ0n) is 16.9. The highest BCUT2D eigenvalue weighted by Crippen LogP contribution is 2.52. The van der Waals surface area contributed by atoms with Gasteiger partial charge in [0.2, 0.25) is 11.8 Å². The van der Waals surface area contributed by atoms with Crippen LogP contribution in [0.25, 0.3) is 21.9 Å². The monoisotopic (exact) mass is 443 g/mol. The standard InChI is InChI=1S/C24H20F3NO4/c25-15-3-1-12(2-4-15)20-18-6-5-16(29)9-19(18)22(32-17-7-13(8-17)23(30)31)28-21(20)14-10-24(26,27)11-14/h1-6,9,13-14,17,29H,7-8,10-11H2,(H,30,31). The van der Waals surface area contributed by atoms with Crippen molar-refractivity contribution in [1.82, 2.24) is 4.98 Å². The van der Waals surface area contributed by atoms with Crippen LogP contribution in [0.1, 0.15) is 37.3 Å². The summed E-state index contributed by atoms with van der Waals surface area (Å²) in [4.78, 5) is 15.7. The molecular formula is C24H20F3NO4. The molecule has 0 aliphatic heterocycles. The Bertz CT molecular complexity index is 1200. The largest absolute Gasteiger partial charge is 0.508 e. The minimum atomic E-state index is -2.76. The highest BCUT2D eigenvalue weighted by atomic mass is 19.3. The van der Waals surface area contributed by atoms with Gasteiger partial charge in [0.1, 0.15) is 17.7 Å². The lowest BCUT2D eigenvalue weighted by Gasteiger charge is -2.37. The molecule has 0 amide bonds. The van der Waals surface area contributed by atoms with Crippen molar-refractivity contribution in [2.75, 3.05) is 0 Å². The minimum absolute atomic E-state index is 0.0193. The fourth-order valence-electron chi connectivity index (χ4n) is 4.47. The van der Waals surface area contributed by atoms with Gasteiger partial charge in [-0.25, -0.2) is 18.2 Å². The number of aromatic nitrogens is 1. The van der Waals surface area contributed by atoms with Gasteiger partial charge < -0.3 is 14.9 Å². The van der Waals surface area contributed by atoms with Gasteiger partial charge >= 0.3 is 5.97 Å². The van der Waals surface area contributed by atoms with Crippen molar-refractivity contribution in [3.63, 3.8) is 0 Å². The van der Waals surface area contributed by atoms with Crippen LogP contribution in [-0.4, -0.2) is 33.2 Å². The molecule has 1 aromatic heterocycles. The number of hydrogen-bond acceptors (Lipinski definition) is 4. The predicted molar refractivity (Wildman–Crippen MR) is 110 cm³/mol. The third-order valence-corrected chi connectivity index (χ3v) is 6.31. The number of benzene rings is 2. The van der Waals surface area contributed by atoms with Crippen LogP contribution >= 0.6 is 0 Å². The summed E-state index contributed by atoms with van der Waals surface area (Å²) in [6.45, 7) is 0. The van der Waals surface area contributed by atoms with Gasteiger partial charge in [-0.1, -0.05) is 12.1 Å². The highest BCUT2D eigenvalue weighted by molar-refractivity contribution is 6.01. The van der Waals surface area contributed by atoms with E-state index < -0.39 is 29.5 Å². The average Bonchev–Trinajstić information content (AvgIpc) is 2.68. The molecule has 5 nitrogen and oxygen atoms in total. The number of ether oxygens (including phenoxy) is 1. The minimum Gasteiger partial charge on any atom is -0.508 e. The summed E-state index contributed by atoms with van der Waals surface area (Å²) in [5.41, 5.74) is 1.66. The Morgan fingerprint density at radius 3 is 2.38 bits per heavy atom. The first-order valence-corrected chi connectivity index (χ1v) is 10.4. The molecule has 2 aliphatic carbocycles. The molecule has 32 heavy (non-hydrogen) atoms. The first-order valence-electron chi connectivity index (χ1n) is 10.4. The van der Waals surface area contributed by atoms with Crippen LogP contribution in [0.4, 0.5) is 13.2 Å².